The minimum absolute atomic E-state index is 0.0679. The number of amides is 1. The van der Waals surface area contributed by atoms with Crippen LogP contribution in [0.5, 0.6) is 11.5 Å². The highest BCUT2D eigenvalue weighted by atomic mass is 16.5. The van der Waals surface area contributed by atoms with E-state index in [1.165, 1.54) is 4.80 Å². The van der Waals surface area contributed by atoms with Crippen LogP contribution in [0.4, 0.5) is 0 Å². The number of aromatic amines is 1. The van der Waals surface area contributed by atoms with Crippen LogP contribution >= 0.6 is 0 Å². The summed E-state index contributed by atoms with van der Waals surface area (Å²) in [6.07, 6.45) is 4.89. The number of likely N-dealkylation sites (tertiary alicyclic amines) is 1. The highest BCUT2D eigenvalue weighted by Gasteiger charge is 2.44. The zero-order valence-electron chi connectivity index (χ0n) is 19.1. The molecule has 4 aromatic rings. The summed E-state index contributed by atoms with van der Waals surface area (Å²) in [6, 6.07) is 9.46. The van der Waals surface area contributed by atoms with E-state index in [0.717, 1.165) is 35.3 Å². The molecule has 0 saturated carbocycles. The molecular weight excluding hydrogens is 420 g/mol. The Kier molecular flexibility index (Phi) is 5.03. The van der Waals surface area contributed by atoms with Gasteiger partial charge in [-0.3, -0.25) is 4.79 Å². The molecule has 2 aromatic carbocycles. The number of carbonyl (C=O) groups is 1. The maximum absolute atomic E-state index is 13.9. The number of benzene rings is 2. The van der Waals surface area contributed by atoms with Crippen LogP contribution < -0.4 is 9.47 Å². The molecule has 170 valence electrons. The van der Waals surface area contributed by atoms with Gasteiger partial charge in [-0.05, 0) is 38.8 Å². The Labute approximate surface area is 191 Å². The first-order valence-electron chi connectivity index (χ1n) is 10.9. The number of nitrogens with one attached hydrogen (secondary N) is 1. The van der Waals surface area contributed by atoms with Gasteiger partial charge in [-0.1, -0.05) is 11.6 Å². The van der Waals surface area contributed by atoms with Crippen LogP contribution in [-0.2, 0) is 5.54 Å². The number of aryl methyl sites for hydroxylation is 1. The second-order valence-electron chi connectivity index (χ2n) is 8.48. The van der Waals surface area contributed by atoms with Gasteiger partial charge >= 0.3 is 0 Å². The van der Waals surface area contributed by atoms with Crippen molar-refractivity contribution in [3.8, 4) is 17.2 Å². The number of nitrogens with zero attached hydrogens (tertiary/aromatic N) is 5. The topological polar surface area (TPSA) is 98.2 Å². The Balaban J connectivity index is 1.57. The van der Waals surface area contributed by atoms with E-state index in [9.17, 15) is 4.79 Å². The van der Waals surface area contributed by atoms with Gasteiger partial charge in [0.15, 0.2) is 11.5 Å². The Morgan fingerprint density at radius 2 is 1.82 bits per heavy atom. The van der Waals surface area contributed by atoms with Crippen molar-refractivity contribution in [3.63, 3.8) is 0 Å². The second kappa shape index (κ2) is 7.91. The quantitative estimate of drug-likeness (QED) is 0.503. The zero-order chi connectivity index (χ0) is 23.2. The summed E-state index contributed by atoms with van der Waals surface area (Å²) in [4.78, 5) is 25.6. The number of aromatic nitrogens is 5. The Morgan fingerprint density at radius 1 is 1.09 bits per heavy atom. The predicted octanol–water partition coefficient (Wildman–Crippen LogP) is 3.62. The molecule has 1 saturated heterocycles. The van der Waals surface area contributed by atoms with Crippen LogP contribution in [0.1, 0.15) is 41.5 Å². The molecule has 9 heteroatoms. The van der Waals surface area contributed by atoms with Crippen molar-refractivity contribution in [1.82, 2.24) is 29.9 Å². The lowest BCUT2D eigenvalue weighted by atomic mass is 9.96. The molecule has 1 aliphatic heterocycles. The van der Waals surface area contributed by atoms with Gasteiger partial charge in [0, 0.05) is 18.7 Å². The lowest BCUT2D eigenvalue weighted by Crippen LogP contribution is -2.44. The molecule has 0 bridgehead atoms. The highest BCUT2D eigenvalue weighted by molar-refractivity contribution is 5.98. The molecule has 0 aliphatic carbocycles. The first kappa shape index (κ1) is 21.0. The third-order valence-corrected chi connectivity index (χ3v) is 6.40. The summed E-state index contributed by atoms with van der Waals surface area (Å²) in [5.41, 5.74) is 3.23. The molecule has 2 aromatic heterocycles. The fourth-order valence-corrected chi connectivity index (χ4v) is 4.61. The van der Waals surface area contributed by atoms with Crippen LogP contribution in [-0.4, -0.2) is 56.5 Å². The standard InChI is InChI=1S/C24H26N6O3/c1-15-6-7-19(30-25-9-10-26-30)16(12-15)22(31)29-11-5-8-24(29,2)23-27-17-13-20(32-3)21(33-4)14-18(17)28-23/h6-7,9-10,12-14H,5,8,11H2,1-4H3,(H,27,28)/t24-/m0/s1. The van der Waals surface area contributed by atoms with Crippen molar-refractivity contribution in [2.75, 3.05) is 20.8 Å². The Morgan fingerprint density at radius 3 is 2.55 bits per heavy atom. The number of H-pyrrole nitrogens is 1. The third-order valence-electron chi connectivity index (χ3n) is 6.40. The molecule has 5 rings (SSSR count). The average molecular weight is 447 g/mol. The van der Waals surface area contributed by atoms with Gasteiger partial charge in [0.25, 0.3) is 5.91 Å². The van der Waals surface area contributed by atoms with Crippen LogP contribution in [0.2, 0.25) is 0 Å². The van der Waals surface area contributed by atoms with Crippen molar-refractivity contribution < 1.29 is 14.3 Å². The molecule has 1 N–H and O–H groups in total. The maximum Gasteiger partial charge on any atom is 0.256 e. The number of methoxy groups -OCH3 is 2. The van der Waals surface area contributed by atoms with Crippen LogP contribution in [0.15, 0.2) is 42.7 Å². The number of imidazole rings is 1. The van der Waals surface area contributed by atoms with Crippen molar-refractivity contribution in [2.45, 2.75) is 32.2 Å². The molecule has 9 nitrogen and oxygen atoms in total. The number of hydrogen-bond acceptors (Lipinski definition) is 6. The third kappa shape index (κ3) is 3.40. The maximum atomic E-state index is 13.9. The highest BCUT2D eigenvalue weighted by Crippen LogP contribution is 2.40. The first-order valence-corrected chi connectivity index (χ1v) is 10.9. The monoisotopic (exact) mass is 446 g/mol. The Bertz CT molecular complexity index is 1290. The first-order chi connectivity index (χ1) is 15.9. The SMILES string of the molecule is COc1cc2nc([C@]3(C)CCCN3C(=O)c3cc(C)ccc3-n3nccn3)[nH]c2cc1OC. The number of hydrogen-bond donors (Lipinski definition) is 1. The summed E-state index contributed by atoms with van der Waals surface area (Å²) >= 11 is 0. The number of carbonyl (C=O) groups excluding carboxylic acids is 1. The minimum atomic E-state index is -0.588. The molecule has 3 heterocycles. The summed E-state index contributed by atoms with van der Waals surface area (Å²) in [5.74, 6) is 1.91. The summed E-state index contributed by atoms with van der Waals surface area (Å²) in [7, 11) is 3.21. The van der Waals surface area contributed by atoms with Crippen LogP contribution in [0, 0.1) is 6.92 Å². The van der Waals surface area contributed by atoms with E-state index in [-0.39, 0.29) is 5.91 Å². The fraction of sp³-hybridized carbons (Fsp3) is 0.333. The van der Waals surface area contributed by atoms with Gasteiger partial charge in [0.1, 0.15) is 5.82 Å². The lowest BCUT2D eigenvalue weighted by molar-refractivity contribution is 0.0605. The van der Waals surface area contributed by atoms with E-state index < -0.39 is 5.54 Å². The van der Waals surface area contributed by atoms with E-state index in [4.69, 9.17) is 14.5 Å². The van der Waals surface area contributed by atoms with E-state index in [1.54, 1.807) is 26.6 Å². The van der Waals surface area contributed by atoms with Crippen LogP contribution in [0.3, 0.4) is 0 Å². The van der Waals surface area contributed by atoms with E-state index >= 15 is 0 Å². The van der Waals surface area contributed by atoms with Crippen molar-refractivity contribution in [3.05, 3.63) is 59.7 Å². The number of rotatable bonds is 5. The van der Waals surface area contributed by atoms with E-state index in [1.807, 2.05) is 42.2 Å². The normalized spacial score (nSPS) is 18.1. The Hall–Kier alpha value is -3.88. The zero-order valence-corrected chi connectivity index (χ0v) is 19.1. The van der Waals surface area contributed by atoms with Gasteiger partial charge in [-0.15, -0.1) is 0 Å². The molecule has 1 fully saturated rings. The van der Waals surface area contributed by atoms with E-state index in [0.29, 0.717) is 29.3 Å². The van der Waals surface area contributed by atoms with Crippen LogP contribution in [0.25, 0.3) is 16.7 Å². The summed E-state index contributed by atoms with van der Waals surface area (Å²) in [5, 5.41) is 8.47. The largest absolute Gasteiger partial charge is 0.493 e. The van der Waals surface area contributed by atoms with E-state index in [2.05, 4.69) is 22.1 Å². The number of ether oxygens (including phenoxy) is 2. The number of fused-ring (bicyclic) bond motifs is 1. The van der Waals surface area contributed by atoms with Crippen molar-refractivity contribution >= 4 is 16.9 Å². The summed E-state index contributed by atoms with van der Waals surface area (Å²) in [6.45, 7) is 4.67. The molecular formula is C24H26N6O3. The molecule has 1 aliphatic rings. The molecule has 0 unspecified atom stereocenters. The van der Waals surface area contributed by atoms with Crippen molar-refractivity contribution in [2.24, 2.45) is 0 Å². The second-order valence-corrected chi connectivity index (χ2v) is 8.48. The lowest BCUT2D eigenvalue weighted by Gasteiger charge is -2.34. The average Bonchev–Trinajstić information content (AvgIpc) is 3.57. The predicted molar refractivity (Wildman–Crippen MR) is 123 cm³/mol. The van der Waals surface area contributed by atoms with Gasteiger partial charge in [0.05, 0.1) is 54.4 Å². The molecule has 0 spiro atoms. The minimum Gasteiger partial charge on any atom is -0.493 e. The van der Waals surface area contributed by atoms with Gasteiger partial charge < -0.3 is 19.4 Å². The molecule has 1 atom stereocenters. The molecule has 0 radical (unpaired) electrons. The van der Waals surface area contributed by atoms with Gasteiger partial charge in [-0.25, -0.2) is 4.98 Å². The fourth-order valence-electron chi connectivity index (χ4n) is 4.61. The molecule has 1 amide bonds. The smallest absolute Gasteiger partial charge is 0.256 e. The summed E-state index contributed by atoms with van der Waals surface area (Å²) < 4.78 is 10.9. The van der Waals surface area contributed by atoms with Crippen molar-refractivity contribution in [1.29, 1.82) is 0 Å². The van der Waals surface area contributed by atoms with Gasteiger partial charge in [0.2, 0.25) is 0 Å². The molecule has 33 heavy (non-hydrogen) atoms. The van der Waals surface area contributed by atoms with Gasteiger partial charge in [-0.2, -0.15) is 15.0 Å².